The first-order valence-corrected chi connectivity index (χ1v) is 17.2. The van der Waals surface area contributed by atoms with Gasteiger partial charge in [-0.2, -0.15) is 4.89 Å². The van der Waals surface area contributed by atoms with Gasteiger partial charge in [-0.1, -0.05) is 140 Å². The molecule has 0 saturated heterocycles. The molecule has 3 nitrogen and oxygen atoms in total. The van der Waals surface area contributed by atoms with Crippen molar-refractivity contribution in [3.05, 3.63) is 58.7 Å². The average molecular weight is 572 g/mol. The van der Waals surface area contributed by atoms with Crippen molar-refractivity contribution in [3.63, 3.8) is 0 Å². The maximum absolute atomic E-state index is 12.2. The zero-order chi connectivity index (χ0) is 30.6. The molecule has 0 aliphatic rings. The van der Waals surface area contributed by atoms with E-state index in [2.05, 4.69) is 114 Å². The van der Waals surface area contributed by atoms with E-state index in [4.69, 9.17) is 9.05 Å². The molecule has 0 fully saturated rings. The third-order valence-electron chi connectivity index (χ3n) is 7.58. The van der Waals surface area contributed by atoms with Gasteiger partial charge in [0.2, 0.25) is 0 Å². The predicted octanol–water partition coefficient (Wildman–Crippen LogP) is 11.4. The van der Waals surface area contributed by atoms with Crippen molar-refractivity contribution in [2.45, 2.75) is 150 Å². The highest BCUT2D eigenvalue weighted by atomic mass is 31.2. The standard InChI is InChI=1S/C36H60O3P/c1-14-15-16-17-18-19-24-40(37,38-31-22-20-27(33(2,3)4)25-29(31)35(8,9)10)39-32-23-21-28(34(5,6)7)26-30(32)36(11,12)13/h20-23,25-26,37H,14-19,24H2,1-13H3/q+1. The molecule has 0 heterocycles. The third-order valence-corrected chi connectivity index (χ3v) is 9.43. The third kappa shape index (κ3) is 10.1. The zero-order valence-electron chi connectivity index (χ0n) is 28.1. The van der Waals surface area contributed by atoms with Gasteiger partial charge in [-0.25, -0.2) is 0 Å². The Kier molecular flexibility index (Phi) is 11.4. The van der Waals surface area contributed by atoms with Crippen molar-refractivity contribution in [1.29, 1.82) is 0 Å². The fraction of sp³-hybridized carbons (Fsp3) is 0.667. The Morgan fingerprint density at radius 1 is 0.550 bits per heavy atom. The van der Waals surface area contributed by atoms with E-state index >= 15 is 0 Å². The monoisotopic (exact) mass is 571 g/mol. The zero-order valence-corrected chi connectivity index (χ0v) is 29.0. The normalized spacial score (nSPS) is 13.4. The van der Waals surface area contributed by atoms with Crippen LogP contribution in [-0.2, 0) is 21.7 Å². The van der Waals surface area contributed by atoms with Crippen LogP contribution in [-0.4, -0.2) is 11.1 Å². The Balaban J connectivity index is 2.55. The van der Waals surface area contributed by atoms with Crippen LogP contribution in [0.4, 0.5) is 0 Å². The average Bonchev–Trinajstić information content (AvgIpc) is 2.79. The van der Waals surface area contributed by atoms with Crippen molar-refractivity contribution in [3.8, 4) is 11.5 Å². The Bertz CT molecular complexity index is 1010. The summed E-state index contributed by atoms with van der Waals surface area (Å²) in [6.07, 6.45) is 7.35. The van der Waals surface area contributed by atoms with Crippen LogP contribution in [0.1, 0.15) is 151 Å². The number of hydrogen-bond acceptors (Lipinski definition) is 3. The van der Waals surface area contributed by atoms with E-state index in [0.29, 0.717) is 6.16 Å². The molecule has 0 bridgehead atoms. The smallest absolute Gasteiger partial charge is 0.278 e. The lowest BCUT2D eigenvalue weighted by Gasteiger charge is -2.29. The molecule has 0 aliphatic carbocycles. The maximum Gasteiger partial charge on any atom is 0.495 e. The molecule has 2 aromatic rings. The van der Waals surface area contributed by atoms with E-state index in [1.54, 1.807) is 0 Å². The van der Waals surface area contributed by atoms with Gasteiger partial charge >= 0.3 is 7.94 Å². The Morgan fingerprint density at radius 2 is 0.925 bits per heavy atom. The molecule has 1 N–H and O–H groups in total. The molecule has 40 heavy (non-hydrogen) atoms. The molecule has 0 atom stereocenters. The molecule has 0 unspecified atom stereocenters. The van der Waals surface area contributed by atoms with Gasteiger partial charge < -0.3 is 0 Å². The number of rotatable bonds is 11. The van der Waals surface area contributed by atoms with Gasteiger partial charge in [-0.3, -0.25) is 9.05 Å². The Morgan fingerprint density at radius 3 is 1.27 bits per heavy atom. The van der Waals surface area contributed by atoms with Gasteiger partial charge in [-0.05, 0) is 57.8 Å². The first-order valence-electron chi connectivity index (χ1n) is 15.5. The summed E-state index contributed by atoms with van der Waals surface area (Å²) >= 11 is 0. The van der Waals surface area contributed by atoms with Crippen LogP contribution in [0.2, 0.25) is 0 Å². The molecule has 0 aliphatic heterocycles. The molecule has 0 saturated carbocycles. The van der Waals surface area contributed by atoms with Crippen molar-refractivity contribution in [1.82, 2.24) is 0 Å². The van der Waals surface area contributed by atoms with E-state index in [0.717, 1.165) is 35.5 Å². The molecule has 0 radical (unpaired) electrons. The van der Waals surface area contributed by atoms with Gasteiger partial charge in [0, 0.05) is 11.1 Å². The summed E-state index contributed by atoms with van der Waals surface area (Å²) in [4.78, 5) is 12.2. The minimum absolute atomic E-state index is 0.0232. The lowest BCUT2D eigenvalue weighted by molar-refractivity contribution is 0.336. The molecule has 2 aromatic carbocycles. The van der Waals surface area contributed by atoms with E-state index in [9.17, 15) is 4.89 Å². The largest absolute Gasteiger partial charge is 0.495 e. The first kappa shape index (κ1) is 34.6. The van der Waals surface area contributed by atoms with E-state index in [-0.39, 0.29) is 21.7 Å². The SMILES string of the molecule is CCCCCCCC[P+](O)(Oc1ccc(C(C)(C)C)cc1C(C)(C)C)Oc1ccc(C(C)(C)C)cc1C(C)(C)C. The lowest BCUT2D eigenvalue weighted by Crippen LogP contribution is -2.21. The Labute approximate surface area is 248 Å². The van der Waals surface area contributed by atoms with Crippen LogP contribution in [0.15, 0.2) is 36.4 Å². The van der Waals surface area contributed by atoms with E-state index in [1.807, 2.05) is 12.1 Å². The number of unbranched alkanes of at least 4 members (excludes halogenated alkanes) is 5. The van der Waals surface area contributed by atoms with Gasteiger partial charge in [0.1, 0.15) is 0 Å². The Hall–Kier alpha value is -1.57. The van der Waals surface area contributed by atoms with Crippen LogP contribution in [0.5, 0.6) is 11.5 Å². The predicted molar refractivity (Wildman–Crippen MR) is 176 cm³/mol. The molecular formula is C36H60O3P+. The highest BCUT2D eigenvalue weighted by Crippen LogP contribution is 2.59. The first-order chi connectivity index (χ1) is 18.2. The molecular weight excluding hydrogens is 511 g/mol. The van der Waals surface area contributed by atoms with E-state index < -0.39 is 7.94 Å². The molecule has 0 aromatic heterocycles. The fourth-order valence-electron chi connectivity index (χ4n) is 4.83. The quantitative estimate of drug-likeness (QED) is 0.215. The molecule has 226 valence electrons. The summed E-state index contributed by atoms with van der Waals surface area (Å²) in [5, 5.41) is 0. The highest BCUT2D eigenvalue weighted by Gasteiger charge is 2.45. The van der Waals surface area contributed by atoms with Crippen molar-refractivity contribution in [2.75, 3.05) is 6.16 Å². The summed E-state index contributed by atoms with van der Waals surface area (Å²) in [7, 11) is -3.27. The topological polar surface area (TPSA) is 38.7 Å². The van der Waals surface area contributed by atoms with Crippen LogP contribution in [0.25, 0.3) is 0 Å². The fourth-order valence-corrected chi connectivity index (χ4v) is 6.61. The molecule has 4 heteroatoms. The highest BCUT2D eigenvalue weighted by molar-refractivity contribution is 7.61. The van der Waals surface area contributed by atoms with Gasteiger partial charge in [0.05, 0.1) is 0 Å². The van der Waals surface area contributed by atoms with Gasteiger partial charge in [-0.15, -0.1) is 0 Å². The van der Waals surface area contributed by atoms with Crippen LogP contribution in [0, 0.1) is 0 Å². The second-order valence-electron chi connectivity index (χ2n) is 15.7. The molecule has 0 spiro atoms. The summed E-state index contributed by atoms with van der Waals surface area (Å²) in [6.45, 7) is 28.9. The van der Waals surface area contributed by atoms with Crippen molar-refractivity contribution in [2.24, 2.45) is 0 Å². The second-order valence-corrected chi connectivity index (χ2v) is 17.8. The van der Waals surface area contributed by atoms with Crippen molar-refractivity contribution < 1.29 is 13.9 Å². The van der Waals surface area contributed by atoms with Crippen LogP contribution < -0.4 is 9.05 Å². The van der Waals surface area contributed by atoms with Gasteiger partial charge in [0.15, 0.2) is 17.7 Å². The summed E-state index contributed by atoms with van der Waals surface area (Å²) < 4.78 is 13.3. The van der Waals surface area contributed by atoms with E-state index in [1.165, 1.54) is 36.8 Å². The minimum Gasteiger partial charge on any atom is -0.278 e. The van der Waals surface area contributed by atoms with Crippen LogP contribution in [0.3, 0.4) is 0 Å². The summed E-state index contributed by atoms with van der Waals surface area (Å²) in [6, 6.07) is 12.9. The maximum atomic E-state index is 12.2. The van der Waals surface area contributed by atoms with Crippen LogP contribution >= 0.6 is 7.94 Å². The number of hydrogen-bond donors (Lipinski definition) is 1. The van der Waals surface area contributed by atoms with Crippen molar-refractivity contribution >= 4 is 7.94 Å². The summed E-state index contributed by atoms with van der Waals surface area (Å²) in [5.74, 6) is 1.46. The molecule has 0 amide bonds. The molecule has 2 rings (SSSR count). The lowest BCUT2D eigenvalue weighted by atomic mass is 9.80. The summed E-state index contributed by atoms with van der Waals surface area (Å²) in [5.41, 5.74) is 4.48. The minimum atomic E-state index is -3.27. The second kappa shape index (κ2) is 13.2. The number of benzene rings is 2. The van der Waals surface area contributed by atoms with Gasteiger partial charge in [0.25, 0.3) is 0 Å².